The third-order valence-electron chi connectivity index (χ3n) is 8.00. The van der Waals surface area contributed by atoms with Gasteiger partial charge >= 0.3 is 10.2 Å². The summed E-state index contributed by atoms with van der Waals surface area (Å²) in [5.74, 6) is 0.392. The lowest BCUT2D eigenvalue weighted by atomic mass is 10.1. The zero-order valence-corrected chi connectivity index (χ0v) is 26.6. The second-order valence-corrected chi connectivity index (χ2v) is 14.2. The Morgan fingerprint density at radius 1 is 0.667 bits per heavy atom. The standard InChI is InChI=1S/C17H19FN4O.C16H17F5N2OS/c18-14-9-20-17(22-16(14)12-1-2-12)21-13-5-3-11(4-6-13)15-10-19-7-8-23-15;17-25(18,19,20,21)15-7-5-14(6-8-15)23-13-3-1-12(2-4-13)16-11-22-9-10-24-16/h3-6,9,12,15,19H,1-2,7-8,10H2,(H,20,21,22);1-8,16,22-23H,9-11H2/t15-;16-/m00/s1. The van der Waals surface area contributed by atoms with E-state index in [9.17, 15) is 23.8 Å². The number of hydrogen-bond donors (Lipinski definition) is 4. The quantitative estimate of drug-likeness (QED) is 0.136. The van der Waals surface area contributed by atoms with Crippen molar-refractivity contribution < 1.29 is 33.3 Å². The van der Waals surface area contributed by atoms with E-state index >= 15 is 0 Å². The van der Waals surface area contributed by atoms with Crippen LogP contribution in [0.2, 0.25) is 0 Å². The molecule has 1 aromatic heterocycles. The highest BCUT2D eigenvalue weighted by Gasteiger charge is 2.65. The monoisotopic (exact) mass is 694 g/mol. The number of nitrogens with one attached hydrogen (secondary N) is 4. The first-order chi connectivity index (χ1) is 22.8. The van der Waals surface area contributed by atoms with E-state index in [-0.39, 0.29) is 29.6 Å². The highest BCUT2D eigenvalue weighted by Crippen LogP contribution is 3.02. The van der Waals surface area contributed by atoms with Gasteiger partial charge in [-0.2, -0.15) is 0 Å². The zero-order chi connectivity index (χ0) is 33.8. The van der Waals surface area contributed by atoms with Crippen molar-refractivity contribution >= 4 is 33.2 Å². The van der Waals surface area contributed by atoms with Gasteiger partial charge in [0.05, 0.1) is 37.3 Å². The summed E-state index contributed by atoms with van der Waals surface area (Å²) >= 11 is 0. The summed E-state index contributed by atoms with van der Waals surface area (Å²) in [7, 11) is -9.63. The van der Waals surface area contributed by atoms with Crippen molar-refractivity contribution in [2.75, 3.05) is 50.0 Å². The second kappa shape index (κ2) is 13.2. The molecule has 0 spiro atoms. The minimum absolute atomic E-state index is 0.0421. The summed E-state index contributed by atoms with van der Waals surface area (Å²) in [6.45, 7) is 4.62. The molecule has 4 aromatic rings. The Kier molecular flexibility index (Phi) is 9.34. The van der Waals surface area contributed by atoms with Gasteiger partial charge in [-0.3, -0.25) is 0 Å². The maximum Gasteiger partial charge on any atom is 0.310 e. The van der Waals surface area contributed by atoms with Crippen LogP contribution >= 0.6 is 10.2 Å². The van der Waals surface area contributed by atoms with Crippen molar-refractivity contribution in [3.63, 3.8) is 0 Å². The van der Waals surface area contributed by atoms with Crippen LogP contribution in [0, 0.1) is 5.82 Å². The van der Waals surface area contributed by atoms with Crippen LogP contribution in [0.15, 0.2) is 83.9 Å². The van der Waals surface area contributed by atoms with Crippen LogP contribution in [0.4, 0.5) is 46.8 Å². The van der Waals surface area contributed by atoms with Crippen LogP contribution in [0.5, 0.6) is 0 Å². The molecule has 1 saturated carbocycles. The van der Waals surface area contributed by atoms with Gasteiger partial charge in [-0.05, 0) is 72.5 Å². The van der Waals surface area contributed by atoms with Gasteiger partial charge in [0, 0.05) is 49.2 Å². The lowest BCUT2D eigenvalue weighted by Gasteiger charge is -2.40. The number of hydrogen-bond acceptors (Lipinski definition) is 8. The summed E-state index contributed by atoms with van der Waals surface area (Å²) in [5, 5.41) is 12.6. The molecule has 3 heterocycles. The van der Waals surface area contributed by atoms with Gasteiger partial charge in [0.2, 0.25) is 5.95 Å². The zero-order valence-electron chi connectivity index (χ0n) is 25.8. The normalized spacial score (nSPS) is 21.2. The highest BCUT2D eigenvalue weighted by atomic mass is 32.5. The molecule has 1 aliphatic carbocycles. The molecule has 7 rings (SSSR count). The first-order valence-electron chi connectivity index (χ1n) is 15.6. The fraction of sp³-hybridized carbons (Fsp3) is 0.333. The average molecular weight is 695 g/mol. The molecule has 15 heteroatoms. The van der Waals surface area contributed by atoms with Gasteiger partial charge < -0.3 is 30.7 Å². The molecule has 48 heavy (non-hydrogen) atoms. The van der Waals surface area contributed by atoms with Gasteiger partial charge in [-0.1, -0.05) is 43.7 Å². The number of aromatic nitrogens is 2. The third-order valence-corrected chi connectivity index (χ3v) is 9.16. The highest BCUT2D eigenvalue weighted by molar-refractivity contribution is 8.45. The number of rotatable bonds is 8. The first-order valence-corrected chi connectivity index (χ1v) is 17.5. The Hall–Kier alpha value is -3.89. The molecule has 2 atom stereocenters. The molecule has 2 aliphatic heterocycles. The van der Waals surface area contributed by atoms with E-state index in [2.05, 4.69) is 31.2 Å². The Morgan fingerprint density at radius 3 is 1.58 bits per heavy atom. The predicted octanol–water partition coefficient (Wildman–Crippen LogP) is 8.65. The van der Waals surface area contributed by atoms with Crippen molar-refractivity contribution in [1.82, 2.24) is 20.6 Å². The van der Waals surface area contributed by atoms with Gasteiger partial charge in [0.1, 0.15) is 4.90 Å². The first kappa shape index (κ1) is 34.0. The van der Waals surface area contributed by atoms with Crippen molar-refractivity contribution in [3.05, 3.63) is 102 Å². The molecule has 3 aromatic carbocycles. The smallest absolute Gasteiger partial charge is 0.310 e. The van der Waals surface area contributed by atoms with Crippen molar-refractivity contribution in [2.45, 2.75) is 35.9 Å². The van der Waals surface area contributed by atoms with Crippen LogP contribution in [0.25, 0.3) is 0 Å². The van der Waals surface area contributed by atoms with E-state index in [4.69, 9.17) is 9.47 Å². The molecular weight excluding hydrogens is 658 g/mol. The van der Waals surface area contributed by atoms with Gasteiger partial charge in [-0.15, -0.1) is 0 Å². The number of anilines is 4. The minimum Gasteiger partial charge on any atom is -0.371 e. The summed E-state index contributed by atoms with van der Waals surface area (Å²) in [5.41, 5.74) is 4.45. The third kappa shape index (κ3) is 9.17. The molecule has 0 bridgehead atoms. The lowest BCUT2D eigenvalue weighted by molar-refractivity contribution is 0.0276. The number of halogens is 6. The molecule has 258 valence electrons. The topological polar surface area (TPSA) is 92.4 Å². The van der Waals surface area contributed by atoms with E-state index in [1.165, 1.54) is 6.20 Å². The van der Waals surface area contributed by atoms with Gasteiger partial charge in [0.25, 0.3) is 0 Å². The fourth-order valence-corrected chi connectivity index (χ4v) is 5.95. The Bertz CT molecular complexity index is 1680. The maximum atomic E-state index is 13.7. The van der Waals surface area contributed by atoms with Crippen molar-refractivity contribution in [3.8, 4) is 0 Å². The average Bonchev–Trinajstić information content (AvgIpc) is 3.93. The second-order valence-electron chi connectivity index (χ2n) is 11.8. The molecule has 4 N–H and O–H groups in total. The van der Waals surface area contributed by atoms with E-state index in [1.807, 2.05) is 36.4 Å². The summed E-state index contributed by atoms with van der Waals surface area (Å²) in [4.78, 5) is 6.43. The molecule has 3 fully saturated rings. The number of benzene rings is 3. The summed E-state index contributed by atoms with van der Waals surface area (Å²) < 4.78 is 88.5. The van der Waals surface area contributed by atoms with Gasteiger partial charge in [0.15, 0.2) is 5.82 Å². The minimum atomic E-state index is -9.63. The Morgan fingerprint density at radius 2 is 1.15 bits per heavy atom. The van der Waals surface area contributed by atoms with Crippen LogP contribution in [0.3, 0.4) is 0 Å². The van der Waals surface area contributed by atoms with Crippen LogP contribution < -0.4 is 21.3 Å². The molecule has 0 unspecified atom stereocenters. The van der Waals surface area contributed by atoms with E-state index < -0.39 is 15.1 Å². The Labute approximate surface area is 274 Å². The molecule has 2 saturated heterocycles. The SMILES string of the molecule is FS(F)(F)(F)(F)c1ccc(Nc2ccc([C@@H]3CNCCO3)cc2)cc1.Fc1cnc(Nc2ccc([C@@H]3CNCCO3)cc2)nc1C1CC1. The van der Waals surface area contributed by atoms with E-state index in [0.717, 1.165) is 68.0 Å². The number of morpholine rings is 2. The van der Waals surface area contributed by atoms with Crippen LogP contribution in [0.1, 0.15) is 47.8 Å². The van der Waals surface area contributed by atoms with Crippen molar-refractivity contribution in [1.29, 1.82) is 0 Å². The van der Waals surface area contributed by atoms with Crippen LogP contribution in [-0.2, 0) is 9.47 Å². The molecule has 0 amide bonds. The number of nitrogens with zero attached hydrogens (tertiary/aromatic N) is 2. The molecule has 3 aliphatic rings. The fourth-order valence-electron chi connectivity index (χ4n) is 5.30. The molecule has 0 radical (unpaired) electrons. The molecule has 8 nitrogen and oxygen atoms in total. The number of ether oxygens (including phenoxy) is 2. The summed E-state index contributed by atoms with van der Waals surface area (Å²) in [6, 6.07) is 18.0. The van der Waals surface area contributed by atoms with E-state index in [0.29, 0.717) is 42.6 Å². The lowest BCUT2D eigenvalue weighted by Crippen LogP contribution is -2.33. The van der Waals surface area contributed by atoms with E-state index in [1.54, 1.807) is 12.1 Å². The van der Waals surface area contributed by atoms with Crippen LogP contribution in [-0.4, -0.2) is 49.4 Å². The van der Waals surface area contributed by atoms with Gasteiger partial charge in [-0.25, -0.2) is 14.4 Å². The molecular formula is C33H36F6N6O2S. The predicted molar refractivity (Wildman–Crippen MR) is 174 cm³/mol. The Balaban J connectivity index is 0.000000168. The largest absolute Gasteiger partial charge is 0.371 e. The van der Waals surface area contributed by atoms with Crippen molar-refractivity contribution in [2.24, 2.45) is 0 Å². The maximum absolute atomic E-state index is 13.7. The summed E-state index contributed by atoms with van der Waals surface area (Å²) in [6.07, 6.45) is 3.33.